The van der Waals surface area contributed by atoms with Gasteiger partial charge in [-0.2, -0.15) is 0 Å². The minimum atomic E-state index is -0.704. The smallest absolute Gasteiger partial charge is 0.303 e. The van der Waals surface area contributed by atoms with Crippen LogP contribution in [-0.4, -0.2) is 11.1 Å². The predicted octanol–water partition coefficient (Wildman–Crippen LogP) is 2.21. The molecule has 0 unspecified atom stereocenters. The van der Waals surface area contributed by atoms with Crippen molar-refractivity contribution in [1.82, 2.24) is 0 Å². The Hall–Kier alpha value is -0.790. The van der Waals surface area contributed by atoms with E-state index in [0.29, 0.717) is 0 Å². The first-order valence-corrected chi connectivity index (χ1v) is 3.64. The normalized spacial score (nSPS) is 10.5. The maximum atomic E-state index is 10.0. The van der Waals surface area contributed by atoms with Crippen molar-refractivity contribution in [2.75, 3.05) is 0 Å². The van der Waals surface area contributed by atoms with Gasteiger partial charge in [-0.1, -0.05) is 19.1 Å². The zero-order valence-corrected chi connectivity index (χ0v) is 6.34. The topological polar surface area (TPSA) is 37.3 Å². The second-order valence-corrected chi connectivity index (χ2v) is 2.17. The summed E-state index contributed by atoms with van der Waals surface area (Å²) in [5, 5.41) is 8.25. The minimum Gasteiger partial charge on any atom is -0.481 e. The van der Waals surface area contributed by atoms with Crippen molar-refractivity contribution in [2.24, 2.45) is 0 Å². The Balaban J connectivity index is 3.05. The maximum absolute atomic E-state index is 10.0. The van der Waals surface area contributed by atoms with E-state index in [1.165, 1.54) is 0 Å². The minimum absolute atomic E-state index is 0.286. The number of hydrogen-bond acceptors (Lipinski definition) is 1. The molecule has 0 aliphatic heterocycles. The first-order chi connectivity index (χ1) is 4.77. The van der Waals surface area contributed by atoms with Crippen molar-refractivity contribution < 1.29 is 9.90 Å². The van der Waals surface area contributed by atoms with E-state index in [4.69, 9.17) is 5.11 Å². The summed E-state index contributed by atoms with van der Waals surface area (Å²) in [5.41, 5.74) is 0. The highest BCUT2D eigenvalue weighted by Gasteiger charge is 1.92. The largest absolute Gasteiger partial charge is 0.481 e. The summed E-state index contributed by atoms with van der Waals surface area (Å²) >= 11 is 0. The summed E-state index contributed by atoms with van der Waals surface area (Å²) in [6.45, 7) is 2.06. The molecule has 0 rings (SSSR count). The van der Waals surface area contributed by atoms with Crippen LogP contribution in [0.25, 0.3) is 0 Å². The van der Waals surface area contributed by atoms with Crippen LogP contribution < -0.4 is 0 Å². The van der Waals surface area contributed by atoms with Crippen molar-refractivity contribution in [2.45, 2.75) is 32.6 Å². The van der Waals surface area contributed by atoms with E-state index in [1.807, 2.05) is 6.08 Å². The molecule has 0 heterocycles. The summed E-state index contributed by atoms with van der Waals surface area (Å²) in [6.07, 6.45) is 7.05. The molecular weight excluding hydrogens is 128 g/mol. The molecule has 0 radical (unpaired) electrons. The first-order valence-electron chi connectivity index (χ1n) is 3.64. The van der Waals surface area contributed by atoms with E-state index in [2.05, 4.69) is 13.0 Å². The van der Waals surface area contributed by atoms with Gasteiger partial charge < -0.3 is 5.11 Å². The van der Waals surface area contributed by atoms with E-state index in [9.17, 15) is 4.79 Å². The number of carboxylic acid groups (broad SMARTS) is 1. The van der Waals surface area contributed by atoms with Crippen LogP contribution in [0.5, 0.6) is 0 Å². The van der Waals surface area contributed by atoms with Crippen molar-refractivity contribution in [3.63, 3.8) is 0 Å². The lowest BCUT2D eigenvalue weighted by molar-refractivity contribution is -0.137. The summed E-state index contributed by atoms with van der Waals surface area (Å²) in [6, 6.07) is 0. The van der Waals surface area contributed by atoms with Gasteiger partial charge in [0.25, 0.3) is 0 Å². The molecule has 0 fully saturated rings. The third kappa shape index (κ3) is 7.21. The number of unbranched alkanes of at least 4 members (excludes halogenated alkanes) is 1. The number of rotatable bonds is 5. The van der Waals surface area contributed by atoms with Gasteiger partial charge in [-0.05, 0) is 19.3 Å². The Bertz CT molecular complexity index is 116. The van der Waals surface area contributed by atoms with Crippen LogP contribution in [0, 0.1) is 0 Å². The average Bonchev–Trinajstić information content (AvgIpc) is 1.87. The molecule has 0 atom stereocenters. The van der Waals surface area contributed by atoms with Gasteiger partial charge in [-0.15, -0.1) is 0 Å². The molecule has 0 amide bonds. The van der Waals surface area contributed by atoms with Gasteiger partial charge >= 0.3 is 5.97 Å². The summed E-state index contributed by atoms with van der Waals surface area (Å²) < 4.78 is 0. The molecule has 2 nitrogen and oxygen atoms in total. The number of hydrogen-bond donors (Lipinski definition) is 1. The Labute approximate surface area is 61.6 Å². The van der Waals surface area contributed by atoms with E-state index < -0.39 is 5.97 Å². The fourth-order valence-electron chi connectivity index (χ4n) is 0.656. The first kappa shape index (κ1) is 9.21. The SMILES string of the molecule is CCC=CCCCC(=O)O. The Morgan fingerprint density at radius 3 is 2.70 bits per heavy atom. The van der Waals surface area contributed by atoms with Crippen molar-refractivity contribution in [1.29, 1.82) is 0 Å². The Morgan fingerprint density at radius 1 is 1.50 bits per heavy atom. The van der Waals surface area contributed by atoms with Crippen molar-refractivity contribution >= 4 is 5.97 Å². The van der Waals surface area contributed by atoms with Crippen LogP contribution in [0.1, 0.15) is 32.6 Å². The van der Waals surface area contributed by atoms with Gasteiger partial charge in [0.2, 0.25) is 0 Å². The number of allylic oxidation sites excluding steroid dienone is 2. The lowest BCUT2D eigenvalue weighted by Gasteiger charge is -1.88. The lowest BCUT2D eigenvalue weighted by Crippen LogP contribution is -1.92. The molecule has 0 aliphatic rings. The van der Waals surface area contributed by atoms with Gasteiger partial charge in [0, 0.05) is 6.42 Å². The van der Waals surface area contributed by atoms with E-state index in [-0.39, 0.29) is 6.42 Å². The lowest BCUT2D eigenvalue weighted by atomic mass is 10.2. The highest BCUT2D eigenvalue weighted by Crippen LogP contribution is 1.96. The summed E-state index contributed by atoms with van der Waals surface area (Å²) in [7, 11) is 0. The Kier molecular flexibility index (Phi) is 5.83. The average molecular weight is 142 g/mol. The molecular formula is C8H14O2. The van der Waals surface area contributed by atoms with Crippen LogP contribution in [0.2, 0.25) is 0 Å². The molecule has 2 heteroatoms. The fraction of sp³-hybridized carbons (Fsp3) is 0.625. The van der Waals surface area contributed by atoms with E-state index in [0.717, 1.165) is 19.3 Å². The maximum Gasteiger partial charge on any atom is 0.303 e. The van der Waals surface area contributed by atoms with Gasteiger partial charge in [-0.3, -0.25) is 4.79 Å². The zero-order chi connectivity index (χ0) is 7.82. The van der Waals surface area contributed by atoms with E-state index >= 15 is 0 Å². The van der Waals surface area contributed by atoms with Crippen LogP contribution in [0.15, 0.2) is 12.2 Å². The second kappa shape index (κ2) is 6.33. The third-order valence-corrected chi connectivity index (χ3v) is 1.16. The van der Waals surface area contributed by atoms with Crippen molar-refractivity contribution in [3.8, 4) is 0 Å². The van der Waals surface area contributed by atoms with Crippen LogP contribution >= 0.6 is 0 Å². The van der Waals surface area contributed by atoms with Gasteiger partial charge in [0.15, 0.2) is 0 Å². The molecule has 0 aromatic carbocycles. The molecule has 0 bridgehead atoms. The van der Waals surface area contributed by atoms with E-state index in [1.54, 1.807) is 0 Å². The number of carboxylic acids is 1. The fourth-order valence-corrected chi connectivity index (χ4v) is 0.656. The zero-order valence-electron chi connectivity index (χ0n) is 6.34. The molecule has 10 heavy (non-hydrogen) atoms. The van der Waals surface area contributed by atoms with Gasteiger partial charge in [0.05, 0.1) is 0 Å². The molecule has 0 saturated heterocycles. The number of aliphatic carboxylic acids is 1. The molecule has 1 N–H and O–H groups in total. The van der Waals surface area contributed by atoms with Crippen LogP contribution in [-0.2, 0) is 4.79 Å². The monoisotopic (exact) mass is 142 g/mol. The second-order valence-electron chi connectivity index (χ2n) is 2.17. The molecule has 0 aromatic heterocycles. The third-order valence-electron chi connectivity index (χ3n) is 1.16. The molecule has 0 spiro atoms. The van der Waals surface area contributed by atoms with Gasteiger partial charge in [0.1, 0.15) is 0 Å². The molecule has 58 valence electrons. The quantitative estimate of drug-likeness (QED) is 0.472. The van der Waals surface area contributed by atoms with Crippen LogP contribution in [0.3, 0.4) is 0 Å². The standard InChI is InChI=1S/C8H14O2/c1-2-3-4-5-6-7-8(9)10/h3-4H,2,5-7H2,1H3,(H,9,10). The Morgan fingerprint density at radius 2 is 2.20 bits per heavy atom. The molecule has 0 saturated carbocycles. The van der Waals surface area contributed by atoms with Crippen LogP contribution in [0.4, 0.5) is 0 Å². The van der Waals surface area contributed by atoms with Crippen molar-refractivity contribution in [3.05, 3.63) is 12.2 Å². The highest BCUT2D eigenvalue weighted by atomic mass is 16.4. The predicted molar refractivity (Wildman–Crippen MR) is 40.9 cm³/mol. The number of carbonyl (C=O) groups is 1. The molecule has 0 aliphatic carbocycles. The van der Waals surface area contributed by atoms with Gasteiger partial charge in [-0.25, -0.2) is 0 Å². The summed E-state index contributed by atoms with van der Waals surface area (Å²) in [5.74, 6) is -0.704. The summed E-state index contributed by atoms with van der Waals surface area (Å²) in [4.78, 5) is 10.0. The highest BCUT2D eigenvalue weighted by molar-refractivity contribution is 5.66. The molecule has 0 aromatic rings.